The second-order valence-corrected chi connectivity index (χ2v) is 5.32. The molecule has 2 aromatic carbocycles. The zero-order valence-corrected chi connectivity index (χ0v) is 13.0. The van der Waals surface area contributed by atoms with Gasteiger partial charge in [0.2, 0.25) is 0 Å². The van der Waals surface area contributed by atoms with Crippen molar-refractivity contribution in [3.8, 4) is 11.5 Å². The number of rotatable bonds is 6. The molecule has 2 rings (SSSR count). The molecule has 2 N–H and O–H groups in total. The minimum absolute atomic E-state index is 0.0325. The summed E-state index contributed by atoms with van der Waals surface area (Å²) in [4.78, 5) is 0. The van der Waals surface area contributed by atoms with E-state index in [2.05, 4.69) is 28.2 Å². The molecule has 0 saturated carbocycles. The van der Waals surface area contributed by atoms with Crippen LogP contribution < -0.4 is 10.1 Å². The van der Waals surface area contributed by atoms with E-state index in [1.165, 1.54) is 0 Å². The highest BCUT2D eigenvalue weighted by molar-refractivity contribution is 9.10. The van der Waals surface area contributed by atoms with Crippen LogP contribution in [0.15, 0.2) is 46.9 Å². The van der Waals surface area contributed by atoms with Crippen LogP contribution in [-0.2, 0) is 13.2 Å². The van der Waals surface area contributed by atoms with Crippen molar-refractivity contribution >= 4 is 15.9 Å². The average Bonchev–Trinajstić information content (AvgIpc) is 2.48. The fourth-order valence-corrected chi connectivity index (χ4v) is 2.31. The van der Waals surface area contributed by atoms with Crippen LogP contribution in [0.1, 0.15) is 18.1 Å². The molecule has 0 amide bonds. The molecule has 4 heteroatoms. The topological polar surface area (TPSA) is 41.5 Å². The van der Waals surface area contributed by atoms with Gasteiger partial charge >= 0.3 is 0 Å². The van der Waals surface area contributed by atoms with Crippen molar-refractivity contribution in [2.45, 2.75) is 20.1 Å². The van der Waals surface area contributed by atoms with Gasteiger partial charge in [-0.3, -0.25) is 0 Å². The molecule has 3 nitrogen and oxygen atoms in total. The summed E-state index contributed by atoms with van der Waals surface area (Å²) in [5, 5.41) is 12.6. The molecule has 106 valence electrons. The largest absolute Gasteiger partial charge is 0.457 e. The van der Waals surface area contributed by atoms with Crippen LogP contribution in [0.4, 0.5) is 0 Å². The third-order valence-electron chi connectivity index (χ3n) is 2.95. The van der Waals surface area contributed by atoms with Crippen LogP contribution >= 0.6 is 15.9 Å². The molecule has 0 saturated heterocycles. The minimum atomic E-state index is -0.0325. The number of aliphatic hydroxyl groups is 1. The lowest BCUT2D eigenvalue weighted by Gasteiger charge is -2.14. The van der Waals surface area contributed by atoms with E-state index in [0.717, 1.165) is 34.4 Å². The van der Waals surface area contributed by atoms with Gasteiger partial charge in [0.05, 0.1) is 6.61 Å². The van der Waals surface area contributed by atoms with Crippen molar-refractivity contribution in [2.24, 2.45) is 0 Å². The van der Waals surface area contributed by atoms with Crippen LogP contribution in [0.5, 0.6) is 11.5 Å². The van der Waals surface area contributed by atoms with Gasteiger partial charge in [0, 0.05) is 22.1 Å². The van der Waals surface area contributed by atoms with Crippen LogP contribution in [-0.4, -0.2) is 11.7 Å². The van der Waals surface area contributed by atoms with Crippen LogP contribution in [0.2, 0.25) is 0 Å². The highest BCUT2D eigenvalue weighted by Gasteiger charge is 2.08. The molecule has 0 bridgehead atoms. The van der Waals surface area contributed by atoms with E-state index in [9.17, 15) is 5.11 Å². The van der Waals surface area contributed by atoms with E-state index in [-0.39, 0.29) is 6.61 Å². The lowest BCUT2D eigenvalue weighted by molar-refractivity contribution is 0.276. The minimum Gasteiger partial charge on any atom is -0.457 e. The van der Waals surface area contributed by atoms with E-state index in [1.54, 1.807) is 0 Å². The first-order valence-electron chi connectivity index (χ1n) is 6.60. The van der Waals surface area contributed by atoms with Gasteiger partial charge in [0.25, 0.3) is 0 Å². The van der Waals surface area contributed by atoms with Gasteiger partial charge in [-0.05, 0) is 30.8 Å². The van der Waals surface area contributed by atoms with Crippen molar-refractivity contribution in [3.05, 3.63) is 58.1 Å². The third kappa shape index (κ3) is 3.82. The Bertz CT molecular complexity index is 572. The third-order valence-corrected chi connectivity index (χ3v) is 3.44. The number of aliphatic hydroxyl groups excluding tert-OH is 1. The van der Waals surface area contributed by atoms with Crippen LogP contribution in [0, 0.1) is 0 Å². The smallest absolute Gasteiger partial charge is 0.132 e. The number of hydrogen-bond acceptors (Lipinski definition) is 3. The van der Waals surface area contributed by atoms with Gasteiger partial charge in [-0.25, -0.2) is 0 Å². The highest BCUT2D eigenvalue weighted by Crippen LogP contribution is 2.30. The van der Waals surface area contributed by atoms with Gasteiger partial charge in [0.15, 0.2) is 0 Å². The Balaban J connectivity index is 2.28. The SMILES string of the molecule is CCNCc1cc(Br)ccc1Oc1ccccc1CO. The normalized spacial score (nSPS) is 10.6. The Labute approximate surface area is 127 Å². The molecule has 0 unspecified atom stereocenters. The van der Waals surface area contributed by atoms with Crippen LogP contribution in [0.3, 0.4) is 0 Å². The molecule has 0 aromatic heterocycles. The number of ether oxygens (including phenoxy) is 1. The lowest BCUT2D eigenvalue weighted by Crippen LogP contribution is -2.12. The van der Waals surface area contributed by atoms with Gasteiger partial charge in [-0.1, -0.05) is 41.1 Å². The molecular weight excluding hydrogens is 318 g/mol. The number of hydrogen-bond donors (Lipinski definition) is 2. The summed E-state index contributed by atoms with van der Waals surface area (Å²) < 4.78 is 6.98. The number of para-hydroxylation sites is 1. The molecule has 0 fully saturated rings. The predicted molar refractivity (Wildman–Crippen MR) is 84.0 cm³/mol. The second kappa shape index (κ2) is 7.43. The molecule has 0 spiro atoms. The van der Waals surface area contributed by atoms with Gasteiger partial charge in [-0.2, -0.15) is 0 Å². The number of halogens is 1. The van der Waals surface area contributed by atoms with E-state index < -0.39 is 0 Å². The van der Waals surface area contributed by atoms with E-state index in [4.69, 9.17) is 4.74 Å². The maximum absolute atomic E-state index is 9.35. The molecule has 0 aliphatic heterocycles. The first kappa shape index (κ1) is 15.0. The maximum Gasteiger partial charge on any atom is 0.132 e. The van der Waals surface area contributed by atoms with Crippen molar-refractivity contribution < 1.29 is 9.84 Å². The second-order valence-electron chi connectivity index (χ2n) is 4.40. The molecular formula is C16H18BrNO2. The Morgan fingerprint density at radius 1 is 1.10 bits per heavy atom. The Morgan fingerprint density at radius 3 is 2.60 bits per heavy atom. The summed E-state index contributed by atoms with van der Waals surface area (Å²) in [6.45, 7) is 3.68. The Kier molecular flexibility index (Phi) is 5.59. The van der Waals surface area contributed by atoms with E-state index >= 15 is 0 Å². The van der Waals surface area contributed by atoms with Gasteiger partial charge < -0.3 is 15.2 Å². The van der Waals surface area contributed by atoms with Crippen LogP contribution in [0.25, 0.3) is 0 Å². The molecule has 0 heterocycles. The average molecular weight is 336 g/mol. The van der Waals surface area contributed by atoms with E-state index in [1.807, 2.05) is 42.5 Å². The molecule has 0 aliphatic carbocycles. The Morgan fingerprint density at radius 2 is 1.85 bits per heavy atom. The summed E-state index contributed by atoms with van der Waals surface area (Å²) >= 11 is 3.48. The summed E-state index contributed by atoms with van der Waals surface area (Å²) in [7, 11) is 0. The summed E-state index contributed by atoms with van der Waals surface area (Å²) in [5.41, 5.74) is 1.86. The maximum atomic E-state index is 9.35. The quantitative estimate of drug-likeness (QED) is 0.842. The van der Waals surface area contributed by atoms with Gasteiger partial charge in [0.1, 0.15) is 11.5 Å². The summed E-state index contributed by atoms with van der Waals surface area (Å²) in [5.74, 6) is 1.49. The fourth-order valence-electron chi connectivity index (χ4n) is 1.90. The lowest BCUT2D eigenvalue weighted by atomic mass is 10.2. The number of nitrogens with one attached hydrogen (secondary N) is 1. The molecule has 0 radical (unpaired) electrons. The zero-order valence-electron chi connectivity index (χ0n) is 11.4. The van der Waals surface area contributed by atoms with E-state index in [0.29, 0.717) is 5.75 Å². The Hall–Kier alpha value is -1.36. The first-order valence-corrected chi connectivity index (χ1v) is 7.39. The number of benzene rings is 2. The van der Waals surface area contributed by atoms with Gasteiger partial charge in [-0.15, -0.1) is 0 Å². The molecule has 0 aliphatic rings. The standard InChI is InChI=1S/C16H18BrNO2/c1-2-18-10-13-9-14(17)7-8-16(13)20-15-6-4-3-5-12(15)11-19/h3-9,18-19H,2,10-11H2,1H3. The van der Waals surface area contributed by atoms with Crippen molar-refractivity contribution in [1.29, 1.82) is 0 Å². The fraction of sp³-hybridized carbons (Fsp3) is 0.250. The molecule has 0 atom stereocenters. The van der Waals surface area contributed by atoms with Crippen molar-refractivity contribution in [2.75, 3.05) is 6.54 Å². The first-order chi connectivity index (χ1) is 9.74. The highest BCUT2D eigenvalue weighted by atomic mass is 79.9. The molecule has 2 aromatic rings. The zero-order chi connectivity index (χ0) is 14.4. The predicted octanol–water partition coefficient (Wildman–Crippen LogP) is 3.84. The van der Waals surface area contributed by atoms with Crippen molar-refractivity contribution in [3.63, 3.8) is 0 Å². The van der Waals surface area contributed by atoms with Crippen molar-refractivity contribution in [1.82, 2.24) is 5.32 Å². The summed E-state index contributed by atoms with van der Waals surface area (Å²) in [6, 6.07) is 13.4. The summed E-state index contributed by atoms with van der Waals surface area (Å²) in [6.07, 6.45) is 0. The monoisotopic (exact) mass is 335 g/mol. The molecule has 20 heavy (non-hydrogen) atoms.